The molecule has 128 valence electrons. The molecule has 3 N–H and O–H groups in total. The molecule has 3 rings (SSSR count). The van der Waals surface area contributed by atoms with Crippen LogP contribution in [0.5, 0.6) is 0 Å². The second kappa shape index (κ2) is 6.83. The monoisotopic (exact) mass is 331 g/mol. The van der Waals surface area contributed by atoms with Crippen LogP contribution in [0.4, 0.5) is 11.6 Å². The number of β-amino-alcohol motifs (C(OH)–C–C–N with tert-alkyl or cyclic N) is 1. The maximum absolute atomic E-state index is 11.9. The van der Waals surface area contributed by atoms with Crippen molar-refractivity contribution in [1.82, 2.24) is 24.8 Å². The minimum absolute atomic E-state index is 0.153. The number of nitrogens with one attached hydrogen (secondary N) is 2. The highest BCUT2D eigenvalue weighted by Crippen LogP contribution is 2.25. The lowest BCUT2D eigenvalue weighted by atomic mass is 10.0. The number of imidazole rings is 1. The molecule has 1 atom stereocenters. The van der Waals surface area contributed by atoms with Crippen LogP contribution in [-0.2, 0) is 11.3 Å². The van der Waals surface area contributed by atoms with E-state index in [-0.39, 0.29) is 19.0 Å². The summed E-state index contributed by atoms with van der Waals surface area (Å²) in [4.78, 5) is 26.1. The van der Waals surface area contributed by atoms with E-state index in [0.29, 0.717) is 19.5 Å². The molecule has 0 saturated carbocycles. The molecule has 1 aliphatic heterocycles. The number of hydrogen-bond donors (Lipinski definition) is 3. The number of aliphatic hydroxyl groups is 1. The van der Waals surface area contributed by atoms with E-state index >= 15 is 0 Å². The zero-order chi connectivity index (χ0) is 17.0. The molecular formula is C15H21N7O2. The first-order valence-corrected chi connectivity index (χ1v) is 7.77. The zero-order valence-electron chi connectivity index (χ0n) is 13.5. The van der Waals surface area contributed by atoms with Gasteiger partial charge in [0.1, 0.15) is 30.1 Å². The van der Waals surface area contributed by atoms with Crippen molar-refractivity contribution in [2.24, 2.45) is 0 Å². The second-order valence-corrected chi connectivity index (χ2v) is 5.92. The molecule has 0 radical (unpaired) electrons. The van der Waals surface area contributed by atoms with Gasteiger partial charge in [0.05, 0.1) is 6.33 Å². The molecule has 0 aromatic carbocycles. The van der Waals surface area contributed by atoms with E-state index in [9.17, 15) is 9.90 Å². The number of anilines is 2. The first kappa shape index (κ1) is 16.2. The molecule has 9 nitrogen and oxygen atoms in total. The third-order valence-electron chi connectivity index (χ3n) is 4.07. The molecule has 2 aromatic rings. The minimum atomic E-state index is -0.963. The number of nitrogens with zero attached hydrogens (tertiary/aromatic N) is 5. The predicted molar refractivity (Wildman–Crippen MR) is 88.6 cm³/mol. The molecule has 1 fully saturated rings. The average molecular weight is 331 g/mol. The Morgan fingerprint density at radius 3 is 3.08 bits per heavy atom. The Labute approximate surface area is 139 Å². The average Bonchev–Trinajstić information content (AvgIpc) is 3.23. The van der Waals surface area contributed by atoms with Crippen molar-refractivity contribution in [2.45, 2.75) is 18.6 Å². The lowest BCUT2D eigenvalue weighted by Crippen LogP contribution is -2.45. The van der Waals surface area contributed by atoms with Gasteiger partial charge in [0.15, 0.2) is 0 Å². The summed E-state index contributed by atoms with van der Waals surface area (Å²) in [5.41, 5.74) is -0.963. The largest absolute Gasteiger partial charge is 0.386 e. The molecule has 1 amide bonds. The maximum atomic E-state index is 11.9. The summed E-state index contributed by atoms with van der Waals surface area (Å²) >= 11 is 0. The Bertz CT molecular complexity index is 691. The Hall–Kier alpha value is -2.68. The Balaban J connectivity index is 1.54. The Morgan fingerprint density at radius 1 is 1.46 bits per heavy atom. The summed E-state index contributed by atoms with van der Waals surface area (Å²) in [5.74, 6) is 1.33. The molecule has 3 heterocycles. The number of rotatable bonds is 6. The molecule has 0 spiro atoms. The number of carbonyl (C=O) groups excluding carboxylic acids is 1. The van der Waals surface area contributed by atoms with E-state index < -0.39 is 5.60 Å². The number of carbonyl (C=O) groups is 1. The highest BCUT2D eigenvalue weighted by Gasteiger charge is 2.37. The van der Waals surface area contributed by atoms with Crippen LogP contribution < -0.4 is 15.5 Å². The van der Waals surface area contributed by atoms with Crippen LogP contribution in [0.15, 0.2) is 31.1 Å². The van der Waals surface area contributed by atoms with Crippen molar-refractivity contribution in [3.8, 4) is 0 Å². The van der Waals surface area contributed by atoms with Gasteiger partial charge < -0.3 is 25.2 Å². The third kappa shape index (κ3) is 3.80. The van der Waals surface area contributed by atoms with Crippen LogP contribution in [0, 0.1) is 0 Å². The zero-order valence-corrected chi connectivity index (χ0v) is 13.5. The summed E-state index contributed by atoms with van der Waals surface area (Å²) in [7, 11) is 1.79. The number of hydrogen-bond acceptors (Lipinski definition) is 7. The fraction of sp³-hybridized carbons (Fsp3) is 0.467. The van der Waals surface area contributed by atoms with Gasteiger partial charge in [-0.2, -0.15) is 0 Å². The Kier molecular flexibility index (Phi) is 4.61. The van der Waals surface area contributed by atoms with Crippen LogP contribution in [0.25, 0.3) is 0 Å². The second-order valence-electron chi connectivity index (χ2n) is 5.92. The van der Waals surface area contributed by atoms with Gasteiger partial charge in [0, 0.05) is 45.1 Å². The molecule has 9 heteroatoms. The van der Waals surface area contributed by atoms with Crippen molar-refractivity contribution in [3.05, 3.63) is 31.1 Å². The predicted octanol–water partition coefficient (Wildman–Crippen LogP) is -0.528. The standard InChI is InChI=1S/C15H21N7O2/c1-16-12-6-13(20-10-19-12)22-4-2-15(24,9-22)8-18-14(23)7-21-5-3-17-11-21/h3,5-6,10-11,24H,2,4,7-9H2,1H3,(H,18,23)(H,16,19,20)/t15-/m1/s1. The van der Waals surface area contributed by atoms with Gasteiger partial charge in [-0.1, -0.05) is 0 Å². The highest BCUT2D eigenvalue weighted by molar-refractivity contribution is 5.75. The van der Waals surface area contributed by atoms with Gasteiger partial charge in [0.2, 0.25) is 5.91 Å². The number of amides is 1. The molecule has 2 aromatic heterocycles. The maximum Gasteiger partial charge on any atom is 0.240 e. The SMILES string of the molecule is CNc1cc(N2CC[C@@](O)(CNC(=O)Cn3ccnc3)C2)ncn1. The van der Waals surface area contributed by atoms with E-state index in [0.717, 1.165) is 11.6 Å². The Morgan fingerprint density at radius 2 is 2.33 bits per heavy atom. The molecular weight excluding hydrogens is 310 g/mol. The van der Waals surface area contributed by atoms with E-state index in [2.05, 4.69) is 25.6 Å². The molecule has 24 heavy (non-hydrogen) atoms. The normalized spacial score (nSPS) is 20.2. The first-order valence-electron chi connectivity index (χ1n) is 7.77. The van der Waals surface area contributed by atoms with Crippen LogP contribution in [0.1, 0.15) is 6.42 Å². The molecule has 0 bridgehead atoms. The fourth-order valence-corrected chi connectivity index (χ4v) is 2.72. The summed E-state index contributed by atoms with van der Waals surface area (Å²) < 4.78 is 1.68. The first-order chi connectivity index (χ1) is 11.6. The van der Waals surface area contributed by atoms with Gasteiger partial charge in [-0.05, 0) is 6.42 Å². The lowest BCUT2D eigenvalue weighted by Gasteiger charge is -2.24. The van der Waals surface area contributed by atoms with Crippen molar-refractivity contribution in [1.29, 1.82) is 0 Å². The molecule has 1 saturated heterocycles. The summed E-state index contributed by atoms with van der Waals surface area (Å²) in [5, 5.41) is 16.4. The summed E-state index contributed by atoms with van der Waals surface area (Å²) in [6, 6.07) is 1.84. The van der Waals surface area contributed by atoms with Crippen LogP contribution in [-0.4, -0.2) is 62.8 Å². The lowest BCUT2D eigenvalue weighted by molar-refractivity contribution is -0.122. The summed E-state index contributed by atoms with van der Waals surface area (Å²) in [6.45, 7) is 1.49. The van der Waals surface area contributed by atoms with Crippen molar-refractivity contribution in [2.75, 3.05) is 36.9 Å². The van der Waals surface area contributed by atoms with E-state index in [1.807, 2.05) is 11.0 Å². The number of aromatic nitrogens is 4. The van der Waals surface area contributed by atoms with Gasteiger partial charge in [-0.25, -0.2) is 15.0 Å². The minimum Gasteiger partial charge on any atom is -0.386 e. The van der Waals surface area contributed by atoms with E-state index in [1.165, 1.54) is 6.33 Å². The smallest absolute Gasteiger partial charge is 0.240 e. The summed E-state index contributed by atoms with van der Waals surface area (Å²) in [6.07, 6.45) is 6.99. The fourth-order valence-electron chi connectivity index (χ4n) is 2.72. The topological polar surface area (TPSA) is 108 Å². The van der Waals surface area contributed by atoms with Gasteiger partial charge in [0.25, 0.3) is 0 Å². The molecule has 0 unspecified atom stereocenters. The van der Waals surface area contributed by atoms with Crippen molar-refractivity contribution < 1.29 is 9.90 Å². The van der Waals surface area contributed by atoms with E-state index in [1.54, 1.807) is 30.3 Å². The van der Waals surface area contributed by atoms with Gasteiger partial charge in [-0.15, -0.1) is 0 Å². The van der Waals surface area contributed by atoms with Crippen LogP contribution in [0.2, 0.25) is 0 Å². The van der Waals surface area contributed by atoms with Crippen molar-refractivity contribution in [3.63, 3.8) is 0 Å². The van der Waals surface area contributed by atoms with Gasteiger partial charge in [-0.3, -0.25) is 4.79 Å². The highest BCUT2D eigenvalue weighted by atomic mass is 16.3. The third-order valence-corrected chi connectivity index (χ3v) is 4.07. The van der Waals surface area contributed by atoms with Crippen molar-refractivity contribution >= 4 is 17.5 Å². The van der Waals surface area contributed by atoms with E-state index in [4.69, 9.17) is 0 Å². The molecule has 0 aliphatic carbocycles. The molecule has 1 aliphatic rings. The van der Waals surface area contributed by atoms with Crippen LogP contribution in [0.3, 0.4) is 0 Å². The van der Waals surface area contributed by atoms with Gasteiger partial charge >= 0.3 is 0 Å². The van der Waals surface area contributed by atoms with Crippen LogP contribution >= 0.6 is 0 Å². The quantitative estimate of drug-likeness (QED) is 0.653.